The molecule has 0 amide bonds. The molecule has 1 saturated carbocycles. The first-order valence-electron chi connectivity index (χ1n) is 6.76. The number of ether oxygens (including phenoxy) is 1. The van der Waals surface area contributed by atoms with Gasteiger partial charge in [0.25, 0.3) is 0 Å². The van der Waals surface area contributed by atoms with Crippen molar-refractivity contribution < 1.29 is 9.53 Å². The standard InChI is InChI=1S/C15H20ClNO2/c1-10(11-5-3-4-6-11)17-14-9-12(15(18)19-2)7-8-13(14)16/h7-11,17H,3-6H2,1-2H3. The van der Waals surface area contributed by atoms with Crippen LogP contribution in [-0.4, -0.2) is 19.1 Å². The molecule has 0 saturated heterocycles. The second kappa shape index (κ2) is 6.29. The number of anilines is 1. The molecule has 1 aliphatic carbocycles. The smallest absolute Gasteiger partial charge is 0.337 e. The summed E-state index contributed by atoms with van der Waals surface area (Å²) in [6, 6.07) is 5.55. The monoisotopic (exact) mass is 281 g/mol. The van der Waals surface area contributed by atoms with Crippen LogP contribution in [0.25, 0.3) is 0 Å². The molecule has 104 valence electrons. The molecule has 1 aliphatic rings. The molecule has 0 bridgehead atoms. The lowest BCUT2D eigenvalue weighted by Gasteiger charge is -2.22. The molecule has 0 aromatic heterocycles. The van der Waals surface area contributed by atoms with E-state index in [0.29, 0.717) is 22.5 Å². The summed E-state index contributed by atoms with van der Waals surface area (Å²) in [6.07, 6.45) is 5.16. The Morgan fingerprint density at radius 2 is 2.11 bits per heavy atom. The van der Waals surface area contributed by atoms with Gasteiger partial charge in [-0.15, -0.1) is 0 Å². The molecule has 1 fully saturated rings. The van der Waals surface area contributed by atoms with Gasteiger partial charge in [-0.25, -0.2) is 4.79 Å². The maximum Gasteiger partial charge on any atom is 0.337 e. The fourth-order valence-electron chi connectivity index (χ4n) is 2.70. The molecule has 3 nitrogen and oxygen atoms in total. The summed E-state index contributed by atoms with van der Waals surface area (Å²) < 4.78 is 4.73. The van der Waals surface area contributed by atoms with Gasteiger partial charge in [-0.1, -0.05) is 24.4 Å². The van der Waals surface area contributed by atoms with E-state index in [1.165, 1.54) is 32.8 Å². The number of carbonyl (C=O) groups excluding carboxylic acids is 1. The summed E-state index contributed by atoms with van der Waals surface area (Å²) in [4.78, 5) is 11.5. The second-order valence-corrected chi connectivity index (χ2v) is 5.57. The normalized spacial score (nSPS) is 17.2. The Bertz CT molecular complexity index is 455. The highest BCUT2D eigenvalue weighted by molar-refractivity contribution is 6.33. The lowest BCUT2D eigenvalue weighted by molar-refractivity contribution is 0.0601. The Morgan fingerprint density at radius 1 is 1.42 bits per heavy atom. The number of esters is 1. The SMILES string of the molecule is COC(=O)c1ccc(Cl)c(NC(C)C2CCCC2)c1. The minimum Gasteiger partial charge on any atom is -0.465 e. The van der Waals surface area contributed by atoms with Gasteiger partial charge in [0.05, 0.1) is 23.4 Å². The molecule has 4 heteroatoms. The second-order valence-electron chi connectivity index (χ2n) is 5.16. The number of rotatable bonds is 4. The number of methoxy groups -OCH3 is 1. The van der Waals surface area contributed by atoms with Crippen LogP contribution < -0.4 is 5.32 Å². The predicted octanol–water partition coefficient (Wildman–Crippen LogP) is 4.12. The quantitative estimate of drug-likeness (QED) is 0.844. The van der Waals surface area contributed by atoms with Gasteiger partial charge in [0, 0.05) is 6.04 Å². The Morgan fingerprint density at radius 3 is 2.74 bits per heavy atom. The highest BCUT2D eigenvalue weighted by Crippen LogP contribution is 2.31. The molecule has 19 heavy (non-hydrogen) atoms. The van der Waals surface area contributed by atoms with Gasteiger partial charge in [-0.05, 0) is 43.9 Å². The third kappa shape index (κ3) is 3.41. The van der Waals surface area contributed by atoms with Crippen LogP contribution in [0.1, 0.15) is 43.0 Å². The van der Waals surface area contributed by atoms with Gasteiger partial charge in [-0.3, -0.25) is 0 Å². The molecule has 1 N–H and O–H groups in total. The molecule has 1 aromatic rings. The zero-order chi connectivity index (χ0) is 13.8. The van der Waals surface area contributed by atoms with Gasteiger partial charge in [0.1, 0.15) is 0 Å². The average Bonchev–Trinajstić information content (AvgIpc) is 2.94. The van der Waals surface area contributed by atoms with Crippen molar-refractivity contribution >= 4 is 23.3 Å². The first kappa shape index (κ1) is 14.2. The third-order valence-corrected chi connectivity index (χ3v) is 4.21. The van der Waals surface area contributed by atoms with E-state index in [1.807, 2.05) is 0 Å². The van der Waals surface area contributed by atoms with Crippen molar-refractivity contribution in [2.75, 3.05) is 12.4 Å². The first-order chi connectivity index (χ1) is 9.11. The zero-order valence-electron chi connectivity index (χ0n) is 11.4. The van der Waals surface area contributed by atoms with Crippen LogP contribution >= 0.6 is 11.6 Å². The maximum atomic E-state index is 11.5. The van der Waals surface area contributed by atoms with Gasteiger partial charge >= 0.3 is 5.97 Å². The number of nitrogens with one attached hydrogen (secondary N) is 1. The van der Waals surface area contributed by atoms with E-state index >= 15 is 0 Å². The van der Waals surface area contributed by atoms with Crippen molar-refractivity contribution in [1.82, 2.24) is 0 Å². The van der Waals surface area contributed by atoms with Gasteiger partial charge in [0.15, 0.2) is 0 Å². The van der Waals surface area contributed by atoms with Crippen LogP contribution in [0.3, 0.4) is 0 Å². The Balaban J connectivity index is 2.12. The van der Waals surface area contributed by atoms with Crippen molar-refractivity contribution in [1.29, 1.82) is 0 Å². The number of benzene rings is 1. The molecule has 0 radical (unpaired) electrons. The minimum absolute atomic E-state index is 0.340. The van der Waals surface area contributed by atoms with Crippen LogP contribution in [0.15, 0.2) is 18.2 Å². The van der Waals surface area contributed by atoms with E-state index in [-0.39, 0.29) is 5.97 Å². The summed E-state index contributed by atoms with van der Waals surface area (Å²) in [7, 11) is 1.38. The van der Waals surface area contributed by atoms with E-state index in [2.05, 4.69) is 12.2 Å². The lowest BCUT2D eigenvalue weighted by Crippen LogP contribution is -2.24. The first-order valence-corrected chi connectivity index (χ1v) is 7.14. The molecule has 1 aromatic carbocycles. The predicted molar refractivity (Wildman–Crippen MR) is 77.8 cm³/mol. The molecule has 0 heterocycles. The molecule has 0 aliphatic heterocycles. The number of carbonyl (C=O) groups is 1. The Kier molecular flexibility index (Phi) is 4.70. The maximum absolute atomic E-state index is 11.5. The zero-order valence-corrected chi connectivity index (χ0v) is 12.2. The van der Waals surface area contributed by atoms with Crippen LogP contribution in [0.5, 0.6) is 0 Å². The summed E-state index contributed by atoms with van der Waals surface area (Å²) >= 11 is 6.18. The number of hydrogen-bond donors (Lipinski definition) is 1. The van der Waals surface area contributed by atoms with Crippen LogP contribution in [0.2, 0.25) is 5.02 Å². The highest BCUT2D eigenvalue weighted by Gasteiger charge is 2.22. The molecular weight excluding hydrogens is 262 g/mol. The van der Waals surface area contributed by atoms with E-state index < -0.39 is 0 Å². The van der Waals surface area contributed by atoms with Crippen molar-refractivity contribution in [2.24, 2.45) is 5.92 Å². The Hall–Kier alpha value is -1.22. The topological polar surface area (TPSA) is 38.3 Å². The molecule has 1 unspecified atom stereocenters. The summed E-state index contributed by atoms with van der Waals surface area (Å²) in [6.45, 7) is 2.18. The average molecular weight is 282 g/mol. The van der Waals surface area contributed by atoms with Gasteiger partial charge in [0.2, 0.25) is 0 Å². The van der Waals surface area contributed by atoms with Gasteiger partial charge < -0.3 is 10.1 Å². The lowest BCUT2D eigenvalue weighted by atomic mass is 9.99. The van der Waals surface area contributed by atoms with E-state index in [0.717, 1.165) is 5.69 Å². The highest BCUT2D eigenvalue weighted by atomic mass is 35.5. The van der Waals surface area contributed by atoms with Crippen LogP contribution in [0.4, 0.5) is 5.69 Å². The van der Waals surface area contributed by atoms with Crippen molar-refractivity contribution in [3.05, 3.63) is 28.8 Å². The molecule has 1 atom stereocenters. The molecule has 0 spiro atoms. The summed E-state index contributed by atoms with van der Waals surface area (Å²) in [5.74, 6) is 0.353. The Labute approximate surface area is 119 Å². The van der Waals surface area contributed by atoms with Crippen molar-refractivity contribution in [2.45, 2.75) is 38.6 Å². The van der Waals surface area contributed by atoms with Crippen LogP contribution in [0, 0.1) is 5.92 Å². The van der Waals surface area contributed by atoms with E-state index in [9.17, 15) is 4.79 Å². The van der Waals surface area contributed by atoms with Crippen molar-refractivity contribution in [3.8, 4) is 0 Å². The van der Waals surface area contributed by atoms with Crippen LogP contribution in [-0.2, 0) is 4.74 Å². The number of halogens is 1. The minimum atomic E-state index is -0.340. The molecular formula is C15H20ClNO2. The number of hydrogen-bond acceptors (Lipinski definition) is 3. The van der Waals surface area contributed by atoms with E-state index in [1.54, 1.807) is 18.2 Å². The molecule has 2 rings (SSSR count). The third-order valence-electron chi connectivity index (χ3n) is 3.88. The fraction of sp³-hybridized carbons (Fsp3) is 0.533. The van der Waals surface area contributed by atoms with E-state index in [4.69, 9.17) is 16.3 Å². The van der Waals surface area contributed by atoms with Crippen molar-refractivity contribution in [3.63, 3.8) is 0 Å². The van der Waals surface area contributed by atoms with Gasteiger partial charge in [-0.2, -0.15) is 0 Å². The largest absolute Gasteiger partial charge is 0.465 e. The summed E-state index contributed by atoms with van der Waals surface area (Å²) in [5.41, 5.74) is 1.33. The summed E-state index contributed by atoms with van der Waals surface area (Å²) in [5, 5.41) is 4.07. The fourth-order valence-corrected chi connectivity index (χ4v) is 2.87.